The van der Waals surface area contributed by atoms with E-state index >= 15 is 0 Å². The number of fused-ring (bicyclic) bond motifs is 2. The summed E-state index contributed by atoms with van der Waals surface area (Å²) in [7, 11) is 3.95. The van der Waals surface area contributed by atoms with Crippen LogP contribution in [0.2, 0.25) is 0 Å². The topological polar surface area (TPSA) is 127 Å². The number of hydrogen-bond acceptors (Lipinski definition) is 10. The number of piperidine rings is 1. The predicted octanol–water partition coefficient (Wildman–Crippen LogP) is 5.58. The summed E-state index contributed by atoms with van der Waals surface area (Å²) in [5, 5.41) is 3.29. The van der Waals surface area contributed by atoms with Crippen molar-refractivity contribution in [2.45, 2.75) is 45.2 Å². The summed E-state index contributed by atoms with van der Waals surface area (Å²) in [5.74, 6) is 0.571. The zero-order chi connectivity index (χ0) is 34.8. The number of benzene rings is 2. The first-order valence-electron chi connectivity index (χ1n) is 16.7. The molecule has 256 valence electrons. The van der Waals surface area contributed by atoms with E-state index in [9.17, 15) is 14.4 Å². The number of amides is 3. The standard InChI is InChI=1S/C38H38N6O5S/c1-23-18-30(25-10-13-34(40-20-25)43(2)3)39-21-27(23)37-41-29-11-9-24(19-33(29)50-37)6-5-15-48-16-17-49-32-8-4-7-26-28(32)22-44(38(26)47)31-12-14-35(45)42-36(31)46/h4,7-11,13,18-21,31H,5-6,12,14-17,22H2,1-3H3,(H,42,45,46). The van der Waals surface area contributed by atoms with Crippen molar-refractivity contribution in [1.82, 2.24) is 25.2 Å². The third kappa shape index (κ3) is 6.94. The first kappa shape index (κ1) is 33.3. The molecule has 0 saturated carbocycles. The van der Waals surface area contributed by atoms with Crippen LogP contribution in [0.1, 0.15) is 46.3 Å². The highest BCUT2D eigenvalue weighted by atomic mass is 32.1. The lowest BCUT2D eigenvalue weighted by atomic mass is 10.0. The van der Waals surface area contributed by atoms with Gasteiger partial charge in [0.25, 0.3) is 5.91 Å². The molecule has 5 heterocycles. The van der Waals surface area contributed by atoms with Gasteiger partial charge in [0.1, 0.15) is 29.2 Å². The molecule has 1 N–H and O–H groups in total. The first-order chi connectivity index (χ1) is 24.2. The maximum Gasteiger partial charge on any atom is 0.255 e. The highest BCUT2D eigenvalue weighted by molar-refractivity contribution is 7.21. The Hall–Kier alpha value is -5.20. The minimum absolute atomic E-state index is 0.217. The van der Waals surface area contributed by atoms with Crippen LogP contribution in [0.5, 0.6) is 5.75 Å². The molecule has 3 amide bonds. The molecule has 1 fully saturated rings. The maximum atomic E-state index is 13.0. The van der Waals surface area contributed by atoms with Crippen LogP contribution in [-0.2, 0) is 27.3 Å². The van der Waals surface area contributed by atoms with E-state index in [1.807, 2.05) is 49.6 Å². The largest absolute Gasteiger partial charge is 0.491 e. The first-order valence-corrected chi connectivity index (χ1v) is 17.5. The van der Waals surface area contributed by atoms with Crippen LogP contribution < -0.4 is 15.0 Å². The van der Waals surface area contributed by atoms with Crippen molar-refractivity contribution in [3.05, 3.63) is 89.2 Å². The second kappa shape index (κ2) is 14.3. The van der Waals surface area contributed by atoms with Crippen molar-refractivity contribution >= 4 is 45.1 Å². The van der Waals surface area contributed by atoms with Crippen LogP contribution in [0.4, 0.5) is 5.82 Å². The molecule has 50 heavy (non-hydrogen) atoms. The van der Waals surface area contributed by atoms with Gasteiger partial charge in [-0.3, -0.25) is 24.7 Å². The predicted molar refractivity (Wildman–Crippen MR) is 192 cm³/mol. The Bertz CT molecular complexity index is 2080. The molecule has 2 aromatic carbocycles. The summed E-state index contributed by atoms with van der Waals surface area (Å²) >= 11 is 1.68. The fourth-order valence-electron chi connectivity index (χ4n) is 6.36. The van der Waals surface area contributed by atoms with Crippen LogP contribution in [0.15, 0.2) is 67.0 Å². The van der Waals surface area contributed by atoms with Gasteiger partial charge in [-0.2, -0.15) is 0 Å². The molecule has 0 bridgehead atoms. The van der Waals surface area contributed by atoms with Gasteiger partial charge >= 0.3 is 0 Å². The number of anilines is 1. The van der Waals surface area contributed by atoms with E-state index in [4.69, 9.17) is 19.4 Å². The molecule has 1 atom stereocenters. The number of pyridine rings is 2. The fraction of sp³-hybridized carbons (Fsp3) is 0.316. The average Bonchev–Trinajstić information content (AvgIpc) is 3.68. The number of carbonyl (C=O) groups excluding carboxylic acids is 3. The molecule has 11 nitrogen and oxygen atoms in total. The van der Waals surface area contributed by atoms with Gasteiger partial charge in [-0.25, -0.2) is 9.97 Å². The minimum Gasteiger partial charge on any atom is -0.491 e. The molecule has 7 rings (SSSR count). The van der Waals surface area contributed by atoms with Crippen LogP contribution in [0, 0.1) is 6.92 Å². The van der Waals surface area contributed by atoms with E-state index in [1.54, 1.807) is 23.5 Å². The van der Waals surface area contributed by atoms with Gasteiger partial charge < -0.3 is 19.3 Å². The Morgan fingerprint density at radius 3 is 2.64 bits per heavy atom. The lowest BCUT2D eigenvalue weighted by Crippen LogP contribution is -2.52. The second-order valence-electron chi connectivity index (χ2n) is 12.8. The van der Waals surface area contributed by atoms with Crippen molar-refractivity contribution in [2.24, 2.45) is 0 Å². The summed E-state index contributed by atoms with van der Waals surface area (Å²) in [6.45, 7) is 3.71. The average molecular weight is 691 g/mol. The number of ether oxygens (including phenoxy) is 2. The number of rotatable bonds is 12. The zero-order valence-corrected chi connectivity index (χ0v) is 29.1. The molecular formula is C38H38N6O5S. The minimum atomic E-state index is -0.655. The molecule has 3 aromatic heterocycles. The third-order valence-electron chi connectivity index (χ3n) is 9.07. The van der Waals surface area contributed by atoms with E-state index in [0.29, 0.717) is 37.6 Å². The van der Waals surface area contributed by atoms with Crippen molar-refractivity contribution in [3.63, 3.8) is 0 Å². The Morgan fingerprint density at radius 2 is 1.86 bits per heavy atom. The van der Waals surface area contributed by atoms with Gasteiger partial charge in [0.2, 0.25) is 11.8 Å². The summed E-state index contributed by atoms with van der Waals surface area (Å²) in [6.07, 6.45) is 6.05. The third-order valence-corrected chi connectivity index (χ3v) is 10.1. The molecule has 0 aliphatic carbocycles. The highest BCUT2D eigenvalue weighted by Crippen LogP contribution is 2.35. The Balaban J connectivity index is 0.886. The summed E-state index contributed by atoms with van der Waals surface area (Å²) in [5.41, 5.74) is 7.51. The van der Waals surface area contributed by atoms with Gasteiger partial charge in [-0.1, -0.05) is 12.1 Å². The number of aromatic nitrogens is 3. The van der Waals surface area contributed by atoms with E-state index in [0.717, 1.165) is 61.8 Å². The molecule has 2 aliphatic rings. The van der Waals surface area contributed by atoms with Crippen molar-refractivity contribution in [1.29, 1.82) is 0 Å². The number of nitrogens with zero attached hydrogens (tertiary/aromatic N) is 5. The molecule has 1 unspecified atom stereocenters. The van der Waals surface area contributed by atoms with E-state index in [2.05, 4.69) is 41.5 Å². The Morgan fingerprint density at radius 1 is 0.980 bits per heavy atom. The Labute approximate surface area is 294 Å². The molecule has 2 aliphatic heterocycles. The van der Waals surface area contributed by atoms with Crippen LogP contribution in [0.25, 0.3) is 32.0 Å². The van der Waals surface area contributed by atoms with E-state index in [-0.39, 0.29) is 24.8 Å². The molecule has 12 heteroatoms. The number of imide groups is 1. The fourth-order valence-corrected chi connectivity index (χ4v) is 7.47. The normalized spacial score (nSPS) is 15.8. The summed E-state index contributed by atoms with van der Waals surface area (Å²) < 4.78 is 13.0. The molecule has 1 saturated heterocycles. The lowest BCUT2D eigenvalue weighted by Gasteiger charge is -2.29. The summed E-state index contributed by atoms with van der Waals surface area (Å²) in [6, 6.07) is 17.3. The highest BCUT2D eigenvalue weighted by Gasteiger charge is 2.40. The Kier molecular flexibility index (Phi) is 9.55. The SMILES string of the molecule is Cc1cc(-c2ccc(N(C)C)nc2)ncc1-c1nc2ccc(CCCOCCOc3cccc4c3CN(C3CCC(=O)NC3=O)C4=O)cc2s1. The molecular weight excluding hydrogens is 653 g/mol. The molecule has 5 aromatic rings. The monoisotopic (exact) mass is 690 g/mol. The smallest absolute Gasteiger partial charge is 0.255 e. The van der Waals surface area contributed by atoms with Crippen molar-refractivity contribution in [2.75, 3.05) is 38.8 Å². The quantitative estimate of drug-likeness (QED) is 0.132. The van der Waals surface area contributed by atoms with E-state index in [1.165, 1.54) is 10.5 Å². The zero-order valence-electron chi connectivity index (χ0n) is 28.3. The van der Waals surface area contributed by atoms with Crippen LogP contribution in [-0.4, -0.2) is 77.5 Å². The van der Waals surface area contributed by atoms with Crippen molar-refractivity contribution in [3.8, 4) is 27.6 Å². The second-order valence-corrected chi connectivity index (χ2v) is 13.8. The number of thiazole rings is 1. The van der Waals surface area contributed by atoms with Crippen LogP contribution in [0.3, 0.4) is 0 Å². The number of nitrogens with one attached hydrogen (secondary N) is 1. The number of aryl methyl sites for hydroxylation is 2. The summed E-state index contributed by atoms with van der Waals surface area (Å²) in [4.78, 5) is 54.6. The molecule has 0 spiro atoms. The molecule has 0 radical (unpaired) electrons. The van der Waals surface area contributed by atoms with Gasteiger partial charge in [0.15, 0.2) is 0 Å². The van der Waals surface area contributed by atoms with Gasteiger partial charge in [0.05, 0.1) is 29.1 Å². The lowest BCUT2D eigenvalue weighted by molar-refractivity contribution is -0.136. The maximum absolute atomic E-state index is 13.0. The van der Waals surface area contributed by atoms with Gasteiger partial charge in [-0.15, -0.1) is 11.3 Å². The van der Waals surface area contributed by atoms with Crippen molar-refractivity contribution < 1.29 is 23.9 Å². The van der Waals surface area contributed by atoms with Gasteiger partial charge in [-0.05, 0) is 79.8 Å². The number of carbonyl (C=O) groups is 3. The van der Waals surface area contributed by atoms with E-state index < -0.39 is 11.9 Å². The van der Waals surface area contributed by atoms with Crippen LogP contribution >= 0.6 is 11.3 Å². The van der Waals surface area contributed by atoms with Gasteiger partial charge in [0, 0.05) is 61.8 Å². The number of hydrogen-bond donors (Lipinski definition) is 1.